The van der Waals surface area contributed by atoms with Crippen molar-refractivity contribution in [2.24, 2.45) is 10.2 Å². The molecule has 2 rings (SSSR count). The molecule has 5 heteroatoms. The van der Waals surface area contributed by atoms with Gasteiger partial charge in [0, 0.05) is 17.5 Å². The maximum absolute atomic E-state index is 13.0. The summed E-state index contributed by atoms with van der Waals surface area (Å²) in [6.07, 6.45) is 0. The Labute approximate surface area is 114 Å². The highest BCUT2D eigenvalue weighted by Crippen LogP contribution is 2.29. The zero-order valence-corrected chi connectivity index (χ0v) is 10.9. The van der Waals surface area contributed by atoms with Crippen molar-refractivity contribution in [2.45, 2.75) is 12.8 Å². The topological polar surface area (TPSA) is 24.7 Å². The molecule has 0 aliphatic heterocycles. The average Bonchev–Trinajstić information content (AvgIpc) is 2.36. The maximum atomic E-state index is 13.0. The van der Waals surface area contributed by atoms with Crippen molar-refractivity contribution in [3.8, 4) is 0 Å². The van der Waals surface area contributed by atoms with Crippen molar-refractivity contribution in [3.63, 3.8) is 0 Å². The Morgan fingerprint density at radius 1 is 0.947 bits per heavy atom. The zero-order chi connectivity index (χ0) is 13.9. The lowest BCUT2D eigenvalue weighted by Crippen LogP contribution is -2.05. The second kappa shape index (κ2) is 5.45. The van der Waals surface area contributed by atoms with E-state index in [2.05, 4.69) is 10.2 Å². The normalized spacial score (nSPS) is 12.0. The summed E-state index contributed by atoms with van der Waals surface area (Å²) in [5.74, 6) is -2.84. The Kier molecular flexibility index (Phi) is 3.90. The van der Waals surface area contributed by atoms with Crippen LogP contribution in [-0.2, 0) is 5.92 Å². The second-order valence-corrected chi connectivity index (χ2v) is 4.55. The first-order valence-corrected chi connectivity index (χ1v) is 5.98. The van der Waals surface area contributed by atoms with Gasteiger partial charge < -0.3 is 0 Å². The predicted octanol–water partition coefficient (Wildman–Crippen LogP) is 5.87. The van der Waals surface area contributed by atoms with E-state index in [1.54, 1.807) is 24.3 Å². The standard InChI is InChI=1S/C14H11ClF2N2/c1-14(16,17)10-5-7-12(8-6-10)18-19-13-4-2-3-11(15)9-13/h2-9H,1H3. The van der Waals surface area contributed by atoms with Crippen LogP contribution < -0.4 is 0 Å². The fourth-order valence-electron chi connectivity index (χ4n) is 1.47. The van der Waals surface area contributed by atoms with E-state index in [9.17, 15) is 8.78 Å². The highest BCUT2D eigenvalue weighted by Gasteiger charge is 2.23. The predicted molar refractivity (Wildman–Crippen MR) is 71.6 cm³/mol. The van der Waals surface area contributed by atoms with E-state index in [4.69, 9.17) is 11.6 Å². The van der Waals surface area contributed by atoms with Gasteiger partial charge in [-0.1, -0.05) is 29.8 Å². The summed E-state index contributed by atoms with van der Waals surface area (Å²) in [4.78, 5) is 0. The molecule has 0 radical (unpaired) electrons. The van der Waals surface area contributed by atoms with Crippen LogP contribution in [0.2, 0.25) is 5.02 Å². The van der Waals surface area contributed by atoms with Gasteiger partial charge in [0.2, 0.25) is 0 Å². The molecular formula is C14H11ClF2N2. The van der Waals surface area contributed by atoms with E-state index in [0.29, 0.717) is 16.4 Å². The van der Waals surface area contributed by atoms with Gasteiger partial charge in [0.25, 0.3) is 5.92 Å². The largest absolute Gasteiger partial charge is 0.270 e. The molecule has 0 saturated heterocycles. The van der Waals surface area contributed by atoms with E-state index in [1.807, 2.05) is 0 Å². The van der Waals surface area contributed by atoms with Crippen LogP contribution in [0.4, 0.5) is 20.2 Å². The van der Waals surface area contributed by atoms with Gasteiger partial charge in [-0.25, -0.2) is 8.78 Å². The molecule has 98 valence electrons. The van der Waals surface area contributed by atoms with E-state index in [0.717, 1.165) is 6.92 Å². The van der Waals surface area contributed by atoms with Gasteiger partial charge in [-0.3, -0.25) is 0 Å². The summed E-state index contributed by atoms with van der Waals surface area (Å²) in [5.41, 5.74) is 1.07. The first-order valence-electron chi connectivity index (χ1n) is 5.61. The Balaban J connectivity index is 2.16. The van der Waals surface area contributed by atoms with E-state index < -0.39 is 5.92 Å². The molecule has 0 fully saturated rings. The lowest BCUT2D eigenvalue weighted by Gasteiger charge is -2.09. The Morgan fingerprint density at radius 3 is 2.16 bits per heavy atom. The fraction of sp³-hybridized carbons (Fsp3) is 0.143. The third-order valence-electron chi connectivity index (χ3n) is 2.46. The number of hydrogen-bond acceptors (Lipinski definition) is 2. The molecule has 0 N–H and O–H groups in total. The third kappa shape index (κ3) is 3.83. The van der Waals surface area contributed by atoms with Gasteiger partial charge in [0.15, 0.2) is 0 Å². The average molecular weight is 281 g/mol. The Morgan fingerprint density at radius 2 is 1.58 bits per heavy atom. The molecule has 0 atom stereocenters. The van der Waals surface area contributed by atoms with Crippen molar-refractivity contribution in [1.82, 2.24) is 0 Å². The smallest absolute Gasteiger partial charge is 0.202 e. The van der Waals surface area contributed by atoms with Gasteiger partial charge in [-0.05, 0) is 30.3 Å². The van der Waals surface area contributed by atoms with E-state index in [-0.39, 0.29) is 5.56 Å². The van der Waals surface area contributed by atoms with Crippen LogP contribution >= 0.6 is 11.6 Å². The summed E-state index contributed by atoms with van der Waals surface area (Å²) in [6.45, 7) is 0.857. The number of azo groups is 1. The van der Waals surface area contributed by atoms with Crippen LogP contribution in [0.15, 0.2) is 58.8 Å². The summed E-state index contributed by atoms with van der Waals surface area (Å²) in [6, 6.07) is 12.6. The minimum absolute atomic E-state index is 0.0470. The molecule has 2 nitrogen and oxygen atoms in total. The number of rotatable bonds is 3. The Bertz CT molecular complexity index is 589. The summed E-state index contributed by atoms with van der Waals surface area (Å²) in [7, 11) is 0. The zero-order valence-electron chi connectivity index (χ0n) is 10.1. The van der Waals surface area contributed by atoms with Crippen molar-refractivity contribution in [2.75, 3.05) is 0 Å². The van der Waals surface area contributed by atoms with E-state index in [1.165, 1.54) is 24.3 Å². The van der Waals surface area contributed by atoms with Gasteiger partial charge in [-0.2, -0.15) is 10.2 Å². The van der Waals surface area contributed by atoms with Crippen LogP contribution in [0.1, 0.15) is 12.5 Å². The minimum Gasteiger partial charge on any atom is -0.202 e. The van der Waals surface area contributed by atoms with Gasteiger partial charge in [-0.15, -0.1) is 0 Å². The molecule has 0 aliphatic carbocycles. The maximum Gasteiger partial charge on any atom is 0.270 e. The van der Waals surface area contributed by atoms with Crippen LogP contribution in [0.25, 0.3) is 0 Å². The number of hydrogen-bond donors (Lipinski definition) is 0. The minimum atomic E-state index is -2.84. The van der Waals surface area contributed by atoms with Crippen LogP contribution in [0, 0.1) is 0 Å². The SMILES string of the molecule is CC(F)(F)c1ccc(N=Nc2cccc(Cl)c2)cc1. The molecule has 0 spiro atoms. The molecular weight excluding hydrogens is 270 g/mol. The molecule has 0 unspecified atom stereocenters. The van der Waals surface area contributed by atoms with Crippen molar-refractivity contribution in [3.05, 3.63) is 59.1 Å². The van der Waals surface area contributed by atoms with Gasteiger partial charge in [0.1, 0.15) is 0 Å². The molecule has 2 aromatic rings. The molecule has 0 heterocycles. The quantitative estimate of drug-likeness (QED) is 0.628. The fourth-order valence-corrected chi connectivity index (χ4v) is 1.66. The summed E-state index contributed by atoms with van der Waals surface area (Å²) in [5, 5.41) is 8.51. The van der Waals surface area contributed by atoms with Crippen molar-refractivity contribution in [1.29, 1.82) is 0 Å². The molecule has 0 saturated carbocycles. The monoisotopic (exact) mass is 280 g/mol. The van der Waals surface area contributed by atoms with E-state index >= 15 is 0 Å². The van der Waals surface area contributed by atoms with Crippen molar-refractivity contribution >= 4 is 23.0 Å². The second-order valence-electron chi connectivity index (χ2n) is 4.12. The molecule has 2 aromatic carbocycles. The number of halogens is 3. The molecule has 0 aromatic heterocycles. The number of nitrogens with zero attached hydrogens (tertiary/aromatic N) is 2. The summed E-state index contributed by atoms with van der Waals surface area (Å²) < 4.78 is 26.0. The first-order chi connectivity index (χ1) is 8.95. The highest BCUT2D eigenvalue weighted by molar-refractivity contribution is 6.30. The van der Waals surface area contributed by atoms with Crippen LogP contribution in [0.3, 0.4) is 0 Å². The number of alkyl halides is 2. The first kappa shape index (κ1) is 13.6. The van der Waals surface area contributed by atoms with Gasteiger partial charge >= 0.3 is 0 Å². The molecule has 0 bridgehead atoms. The molecule has 0 amide bonds. The third-order valence-corrected chi connectivity index (χ3v) is 2.70. The number of benzene rings is 2. The summed E-state index contributed by atoms with van der Waals surface area (Å²) >= 11 is 5.81. The highest BCUT2D eigenvalue weighted by atomic mass is 35.5. The van der Waals surface area contributed by atoms with Crippen LogP contribution in [-0.4, -0.2) is 0 Å². The molecule has 19 heavy (non-hydrogen) atoms. The van der Waals surface area contributed by atoms with Crippen molar-refractivity contribution < 1.29 is 8.78 Å². The lowest BCUT2D eigenvalue weighted by molar-refractivity contribution is 0.0175. The molecule has 0 aliphatic rings. The van der Waals surface area contributed by atoms with Crippen LogP contribution in [0.5, 0.6) is 0 Å². The lowest BCUT2D eigenvalue weighted by atomic mass is 10.1. The Hall–Kier alpha value is -1.81. The van der Waals surface area contributed by atoms with Gasteiger partial charge in [0.05, 0.1) is 11.4 Å².